The van der Waals surface area contributed by atoms with Crippen molar-refractivity contribution in [2.75, 3.05) is 26.7 Å². The molecule has 62 valence electrons. The van der Waals surface area contributed by atoms with E-state index in [1.165, 1.54) is 0 Å². The van der Waals surface area contributed by atoms with Gasteiger partial charge in [-0.3, -0.25) is 0 Å². The third-order valence-corrected chi connectivity index (χ3v) is 1.68. The quantitative estimate of drug-likeness (QED) is 0.617. The Hall–Kier alpha value is -0.0800. The highest BCUT2D eigenvalue weighted by Gasteiger charge is 2.01. The van der Waals surface area contributed by atoms with Crippen LogP contribution in [0.15, 0.2) is 0 Å². The van der Waals surface area contributed by atoms with Gasteiger partial charge in [-0.1, -0.05) is 13.8 Å². The van der Waals surface area contributed by atoms with Crippen LogP contribution in [0.5, 0.6) is 0 Å². The smallest absolute Gasteiger partial charge is 0.0166 e. The predicted molar refractivity (Wildman–Crippen MR) is 46.3 cm³/mol. The Balaban J connectivity index is 3.27. The molecular formula is C8H20N2. The number of hydrogen-bond acceptors (Lipinski definition) is 2. The molecule has 0 spiro atoms. The van der Waals surface area contributed by atoms with Gasteiger partial charge in [-0.15, -0.1) is 0 Å². The molecule has 2 heteroatoms. The Kier molecular flexibility index (Phi) is 5.64. The van der Waals surface area contributed by atoms with Gasteiger partial charge in [0.05, 0.1) is 0 Å². The van der Waals surface area contributed by atoms with E-state index in [0.717, 1.165) is 19.6 Å². The van der Waals surface area contributed by atoms with E-state index in [9.17, 15) is 0 Å². The molecule has 0 aromatic rings. The standard InChI is InChI=1S/C8H20N2/c1-5-9-8(3)7-10(4)6-2/h8-9H,5-7H2,1-4H3. The molecular weight excluding hydrogens is 124 g/mol. The Morgan fingerprint density at radius 1 is 1.40 bits per heavy atom. The summed E-state index contributed by atoms with van der Waals surface area (Å²) in [6.07, 6.45) is 0. The second-order valence-electron chi connectivity index (χ2n) is 2.81. The van der Waals surface area contributed by atoms with Crippen LogP contribution < -0.4 is 5.32 Å². The lowest BCUT2D eigenvalue weighted by Crippen LogP contribution is -2.37. The fourth-order valence-corrected chi connectivity index (χ4v) is 1.01. The highest BCUT2D eigenvalue weighted by atomic mass is 15.1. The summed E-state index contributed by atoms with van der Waals surface area (Å²) in [7, 11) is 2.15. The topological polar surface area (TPSA) is 15.3 Å². The van der Waals surface area contributed by atoms with Gasteiger partial charge in [0.2, 0.25) is 0 Å². The summed E-state index contributed by atoms with van der Waals surface area (Å²) in [4.78, 5) is 2.31. The van der Waals surface area contributed by atoms with E-state index in [4.69, 9.17) is 0 Å². The van der Waals surface area contributed by atoms with Gasteiger partial charge < -0.3 is 10.2 Å². The summed E-state index contributed by atoms with van der Waals surface area (Å²) < 4.78 is 0. The van der Waals surface area contributed by atoms with Gasteiger partial charge in [0, 0.05) is 12.6 Å². The van der Waals surface area contributed by atoms with Crippen LogP contribution >= 0.6 is 0 Å². The molecule has 0 saturated carbocycles. The minimum absolute atomic E-state index is 0.620. The fourth-order valence-electron chi connectivity index (χ4n) is 1.01. The van der Waals surface area contributed by atoms with Crippen molar-refractivity contribution in [3.05, 3.63) is 0 Å². The lowest BCUT2D eigenvalue weighted by molar-refractivity contribution is 0.312. The highest BCUT2D eigenvalue weighted by molar-refractivity contribution is 4.62. The third-order valence-electron chi connectivity index (χ3n) is 1.68. The van der Waals surface area contributed by atoms with Crippen LogP contribution in [0, 0.1) is 0 Å². The molecule has 10 heavy (non-hydrogen) atoms. The molecule has 1 N–H and O–H groups in total. The van der Waals surface area contributed by atoms with Crippen molar-refractivity contribution in [2.45, 2.75) is 26.8 Å². The molecule has 0 aromatic heterocycles. The molecule has 0 aliphatic rings. The summed E-state index contributed by atoms with van der Waals surface area (Å²) >= 11 is 0. The van der Waals surface area contributed by atoms with Crippen LogP contribution in [0.25, 0.3) is 0 Å². The molecule has 0 amide bonds. The monoisotopic (exact) mass is 144 g/mol. The van der Waals surface area contributed by atoms with Crippen LogP contribution in [0.2, 0.25) is 0 Å². The van der Waals surface area contributed by atoms with Crippen LogP contribution in [0.1, 0.15) is 20.8 Å². The van der Waals surface area contributed by atoms with Gasteiger partial charge in [-0.25, -0.2) is 0 Å². The Bertz CT molecular complexity index is 73.7. The number of nitrogens with zero attached hydrogens (tertiary/aromatic N) is 1. The molecule has 0 radical (unpaired) electrons. The average Bonchev–Trinajstić information content (AvgIpc) is 1.88. The van der Waals surface area contributed by atoms with Gasteiger partial charge in [-0.2, -0.15) is 0 Å². The first-order chi connectivity index (χ1) is 4.70. The predicted octanol–water partition coefficient (Wildman–Crippen LogP) is 0.936. The number of rotatable bonds is 5. The zero-order valence-corrected chi connectivity index (χ0v) is 7.65. The Morgan fingerprint density at radius 3 is 2.40 bits per heavy atom. The van der Waals surface area contributed by atoms with E-state index in [-0.39, 0.29) is 0 Å². The number of nitrogens with one attached hydrogen (secondary N) is 1. The molecule has 0 fully saturated rings. The molecule has 1 unspecified atom stereocenters. The molecule has 0 saturated heterocycles. The molecule has 0 aromatic carbocycles. The van der Waals surface area contributed by atoms with E-state index in [1.807, 2.05) is 0 Å². The second kappa shape index (κ2) is 5.69. The summed E-state index contributed by atoms with van der Waals surface area (Å²) in [5.74, 6) is 0. The lowest BCUT2D eigenvalue weighted by atomic mass is 10.3. The van der Waals surface area contributed by atoms with E-state index < -0.39 is 0 Å². The van der Waals surface area contributed by atoms with Crippen LogP contribution in [-0.4, -0.2) is 37.6 Å². The Labute approximate surface area is 64.6 Å². The number of hydrogen-bond donors (Lipinski definition) is 1. The number of likely N-dealkylation sites (N-methyl/N-ethyl adjacent to an activating group) is 2. The van der Waals surface area contributed by atoms with Crippen molar-refractivity contribution in [1.82, 2.24) is 10.2 Å². The lowest BCUT2D eigenvalue weighted by Gasteiger charge is -2.19. The molecule has 0 aliphatic heterocycles. The summed E-state index contributed by atoms with van der Waals surface area (Å²) in [6, 6.07) is 0.620. The molecule has 0 rings (SSSR count). The minimum atomic E-state index is 0.620. The SMILES string of the molecule is CCNC(C)CN(C)CC. The largest absolute Gasteiger partial charge is 0.313 e. The zero-order valence-electron chi connectivity index (χ0n) is 7.65. The third kappa shape index (κ3) is 4.77. The molecule has 1 atom stereocenters. The summed E-state index contributed by atoms with van der Waals surface area (Å²) in [5.41, 5.74) is 0. The first-order valence-corrected chi connectivity index (χ1v) is 4.12. The van der Waals surface area contributed by atoms with Crippen molar-refractivity contribution in [1.29, 1.82) is 0 Å². The van der Waals surface area contributed by atoms with Crippen LogP contribution in [-0.2, 0) is 0 Å². The molecule has 0 bridgehead atoms. The van der Waals surface area contributed by atoms with Gasteiger partial charge in [0.15, 0.2) is 0 Å². The second-order valence-corrected chi connectivity index (χ2v) is 2.81. The van der Waals surface area contributed by atoms with Gasteiger partial charge in [0.1, 0.15) is 0 Å². The van der Waals surface area contributed by atoms with Gasteiger partial charge in [0.25, 0.3) is 0 Å². The van der Waals surface area contributed by atoms with Crippen LogP contribution in [0.3, 0.4) is 0 Å². The van der Waals surface area contributed by atoms with Gasteiger partial charge in [-0.05, 0) is 27.1 Å². The van der Waals surface area contributed by atoms with E-state index in [1.54, 1.807) is 0 Å². The minimum Gasteiger partial charge on any atom is -0.313 e. The summed E-state index contributed by atoms with van der Waals surface area (Å²) in [6.45, 7) is 9.88. The van der Waals surface area contributed by atoms with E-state index >= 15 is 0 Å². The van der Waals surface area contributed by atoms with Gasteiger partial charge >= 0.3 is 0 Å². The van der Waals surface area contributed by atoms with Crippen molar-refractivity contribution in [3.8, 4) is 0 Å². The average molecular weight is 144 g/mol. The van der Waals surface area contributed by atoms with Crippen molar-refractivity contribution < 1.29 is 0 Å². The maximum Gasteiger partial charge on any atom is 0.0166 e. The maximum atomic E-state index is 3.37. The highest BCUT2D eigenvalue weighted by Crippen LogP contribution is 1.86. The van der Waals surface area contributed by atoms with Crippen molar-refractivity contribution in [2.24, 2.45) is 0 Å². The first kappa shape index (κ1) is 9.92. The Morgan fingerprint density at radius 2 is 2.00 bits per heavy atom. The fraction of sp³-hybridized carbons (Fsp3) is 1.00. The maximum absolute atomic E-state index is 3.37. The normalized spacial score (nSPS) is 14.1. The van der Waals surface area contributed by atoms with E-state index in [0.29, 0.717) is 6.04 Å². The van der Waals surface area contributed by atoms with Crippen molar-refractivity contribution >= 4 is 0 Å². The molecule has 2 nitrogen and oxygen atoms in total. The zero-order chi connectivity index (χ0) is 7.98. The molecule has 0 heterocycles. The summed E-state index contributed by atoms with van der Waals surface area (Å²) in [5, 5.41) is 3.37. The van der Waals surface area contributed by atoms with Crippen LogP contribution in [0.4, 0.5) is 0 Å². The van der Waals surface area contributed by atoms with Crippen molar-refractivity contribution in [3.63, 3.8) is 0 Å². The molecule has 0 aliphatic carbocycles. The van der Waals surface area contributed by atoms with E-state index in [2.05, 4.69) is 38.0 Å². The first-order valence-electron chi connectivity index (χ1n) is 4.12.